The number of morpholine rings is 1. The summed E-state index contributed by atoms with van der Waals surface area (Å²) in [4.78, 5) is 14.9. The molecule has 1 amide bonds. The van der Waals surface area contributed by atoms with E-state index in [1.165, 1.54) is 0 Å². The van der Waals surface area contributed by atoms with E-state index in [9.17, 15) is 4.79 Å². The maximum absolute atomic E-state index is 13.1. The molecule has 1 unspecified atom stereocenters. The minimum Gasteiger partial charge on any atom is -0.497 e. The third-order valence-corrected chi connectivity index (χ3v) is 4.17. The minimum atomic E-state index is -0.0929. The van der Waals surface area contributed by atoms with Crippen LogP contribution in [-0.2, 0) is 4.74 Å². The molecule has 5 heteroatoms. The zero-order valence-corrected chi connectivity index (χ0v) is 13.9. The Morgan fingerprint density at radius 2 is 1.75 bits per heavy atom. The highest BCUT2D eigenvalue weighted by atomic mass is 16.5. The molecule has 0 aliphatic carbocycles. The molecule has 0 radical (unpaired) electrons. The monoisotopic (exact) mass is 327 g/mol. The average Bonchev–Trinajstić information content (AvgIpc) is 2.67. The summed E-state index contributed by atoms with van der Waals surface area (Å²) in [6.45, 7) is 1.59. The predicted octanol–water partition coefficient (Wildman–Crippen LogP) is 2.92. The second kappa shape index (κ2) is 7.36. The highest BCUT2D eigenvalue weighted by molar-refractivity contribution is 5.95. The zero-order valence-electron chi connectivity index (χ0n) is 13.9. The Morgan fingerprint density at radius 1 is 1.08 bits per heavy atom. The molecule has 2 aromatic rings. The molecule has 0 saturated carbocycles. The van der Waals surface area contributed by atoms with Gasteiger partial charge in [0.2, 0.25) is 0 Å². The first-order chi connectivity index (χ1) is 11.7. The number of hydrogen-bond acceptors (Lipinski definition) is 4. The van der Waals surface area contributed by atoms with Gasteiger partial charge in [-0.3, -0.25) is 4.79 Å². The number of amides is 1. The van der Waals surface area contributed by atoms with Crippen LogP contribution >= 0.6 is 0 Å². The summed E-state index contributed by atoms with van der Waals surface area (Å²) >= 11 is 0. The highest BCUT2D eigenvalue weighted by Gasteiger charge is 2.29. The van der Waals surface area contributed by atoms with Gasteiger partial charge in [0.1, 0.15) is 11.5 Å². The van der Waals surface area contributed by atoms with Gasteiger partial charge in [-0.2, -0.15) is 0 Å². The number of hydrogen-bond donors (Lipinski definition) is 0. The van der Waals surface area contributed by atoms with Gasteiger partial charge in [-0.25, -0.2) is 0 Å². The number of benzene rings is 2. The third kappa shape index (κ3) is 3.36. The van der Waals surface area contributed by atoms with Crippen molar-refractivity contribution in [2.45, 2.75) is 6.04 Å². The van der Waals surface area contributed by atoms with E-state index in [0.717, 1.165) is 5.56 Å². The SMILES string of the molecule is COc1cc(OC)cc(C(=O)N2CCOCC2c2ccccc2)c1. The summed E-state index contributed by atoms with van der Waals surface area (Å²) in [5.74, 6) is 1.15. The van der Waals surface area contributed by atoms with Crippen molar-refractivity contribution >= 4 is 5.91 Å². The second-order valence-corrected chi connectivity index (χ2v) is 5.60. The molecule has 1 saturated heterocycles. The van der Waals surface area contributed by atoms with Crippen molar-refractivity contribution in [1.82, 2.24) is 4.90 Å². The van der Waals surface area contributed by atoms with Gasteiger partial charge < -0.3 is 19.1 Å². The maximum atomic E-state index is 13.1. The molecule has 1 atom stereocenters. The van der Waals surface area contributed by atoms with E-state index in [1.807, 2.05) is 35.2 Å². The second-order valence-electron chi connectivity index (χ2n) is 5.60. The van der Waals surface area contributed by atoms with Crippen molar-refractivity contribution in [2.24, 2.45) is 0 Å². The Hall–Kier alpha value is -2.53. The molecule has 24 heavy (non-hydrogen) atoms. The van der Waals surface area contributed by atoms with Crippen molar-refractivity contribution < 1.29 is 19.0 Å². The van der Waals surface area contributed by atoms with Crippen LogP contribution in [0.4, 0.5) is 0 Å². The molecule has 1 aliphatic heterocycles. The van der Waals surface area contributed by atoms with Crippen LogP contribution in [0.2, 0.25) is 0 Å². The highest BCUT2D eigenvalue weighted by Crippen LogP contribution is 2.29. The van der Waals surface area contributed by atoms with Crippen LogP contribution in [0.5, 0.6) is 11.5 Å². The fourth-order valence-electron chi connectivity index (χ4n) is 2.89. The Labute approximate surface area is 141 Å². The Kier molecular flexibility index (Phi) is 5.01. The van der Waals surface area contributed by atoms with E-state index in [2.05, 4.69) is 0 Å². The standard InChI is InChI=1S/C19H21NO4/c1-22-16-10-15(11-17(12-16)23-2)19(21)20-8-9-24-13-18(20)14-6-4-3-5-7-14/h3-7,10-12,18H,8-9,13H2,1-2H3. The smallest absolute Gasteiger partial charge is 0.254 e. The van der Waals surface area contributed by atoms with Gasteiger partial charge in [-0.1, -0.05) is 30.3 Å². The van der Waals surface area contributed by atoms with E-state index in [1.54, 1.807) is 32.4 Å². The lowest BCUT2D eigenvalue weighted by Gasteiger charge is -2.36. The fourth-order valence-corrected chi connectivity index (χ4v) is 2.89. The summed E-state index contributed by atoms with van der Waals surface area (Å²) in [6, 6.07) is 15.1. The van der Waals surface area contributed by atoms with Gasteiger partial charge in [0, 0.05) is 18.2 Å². The van der Waals surface area contributed by atoms with Crippen LogP contribution in [0.3, 0.4) is 0 Å². The normalized spacial score (nSPS) is 17.4. The maximum Gasteiger partial charge on any atom is 0.254 e. The number of methoxy groups -OCH3 is 2. The summed E-state index contributed by atoms with van der Waals surface area (Å²) in [6.07, 6.45) is 0. The Balaban J connectivity index is 1.92. The largest absolute Gasteiger partial charge is 0.497 e. The van der Waals surface area contributed by atoms with Crippen molar-refractivity contribution in [1.29, 1.82) is 0 Å². The van der Waals surface area contributed by atoms with Crippen molar-refractivity contribution in [3.8, 4) is 11.5 Å². The molecule has 3 rings (SSSR count). The van der Waals surface area contributed by atoms with E-state index >= 15 is 0 Å². The first-order valence-corrected chi connectivity index (χ1v) is 7.89. The lowest BCUT2D eigenvalue weighted by molar-refractivity contribution is -0.00272. The van der Waals surface area contributed by atoms with Crippen LogP contribution in [0, 0.1) is 0 Å². The molecule has 0 N–H and O–H groups in total. The van der Waals surface area contributed by atoms with Crippen LogP contribution < -0.4 is 9.47 Å². The fraction of sp³-hybridized carbons (Fsp3) is 0.316. The summed E-state index contributed by atoms with van der Waals surface area (Å²) in [5.41, 5.74) is 1.62. The summed E-state index contributed by atoms with van der Waals surface area (Å²) in [7, 11) is 3.15. The van der Waals surface area contributed by atoms with Crippen molar-refractivity contribution in [2.75, 3.05) is 34.0 Å². The van der Waals surface area contributed by atoms with Gasteiger partial charge in [0.15, 0.2) is 0 Å². The molecule has 0 bridgehead atoms. The number of nitrogens with zero attached hydrogens (tertiary/aromatic N) is 1. The first-order valence-electron chi connectivity index (χ1n) is 7.89. The van der Waals surface area contributed by atoms with Crippen LogP contribution in [0.25, 0.3) is 0 Å². The molecular formula is C19H21NO4. The first kappa shape index (κ1) is 16.3. The Morgan fingerprint density at radius 3 is 2.38 bits per heavy atom. The van der Waals surface area contributed by atoms with E-state index in [4.69, 9.17) is 14.2 Å². The van der Waals surface area contributed by atoms with Gasteiger partial charge in [0.05, 0.1) is 33.5 Å². The number of rotatable bonds is 4. The van der Waals surface area contributed by atoms with E-state index in [-0.39, 0.29) is 11.9 Å². The van der Waals surface area contributed by atoms with Gasteiger partial charge >= 0.3 is 0 Å². The molecule has 2 aromatic carbocycles. The van der Waals surface area contributed by atoms with Crippen LogP contribution in [0.15, 0.2) is 48.5 Å². The van der Waals surface area contributed by atoms with Crippen LogP contribution in [-0.4, -0.2) is 44.8 Å². The summed E-state index contributed by atoms with van der Waals surface area (Å²) in [5, 5.41) is 0. The molecule has 0 aromatic heterocycles. The lowest BCUT2D eigenvalue weighted by atomic mass is 10.0. The van der Waals surface area contributed by atoms with Crippen LogP contribution in [0.1, 0.15) is 22.0 Å². The average molecular weight is 327 g/mol. The molecule has 0 spiro atoms. The Bertz CT molecular complexity index is 680. The predicted molar refractivity (Wildman–Crippen MR) is 90.6 cm³/mol. The quantitative estimate of drug-likeness (QED) is 0.866. The van der Waals surface area contributed by atoms with Crippen molar-refractivity contribution in [3.63, 3.8) is 0 Å². The molecule has 1 heterocycles. The third-order valence-electron chi connectivity index (χ3n) is 4.17. The molecule has 5 nitrogen and oxygen atoms in total. The van der Waals surface area contributed by atoms with Gasteiger partial charge in [-0.05, 0) is 17.7 Å². The van der Waals surface area contributed by atoms with Crippen molar-refractivity contribution in [3.05, 3.63) is 59.7 Å². The number of carbonyl (C=O) groups excluding carboxylic acids is 1. The summed E-state index contributed by atoms with van der Waals surface area (Å²) < 4.78 is 16.1. The molecule has 126 valence electrons. The number of ether oxygens (including phenoxy) is 3. The molecule has 1 fully saturated rings. The zero-order chi connectivity index (χ0) is 16.9. The van der Waals surface area contributed by atoms with E-state index in [0.29, 0.717) is 36.8 Å². The topological polar surface area (TPSA) is 48.0 Å². The molecular weight excluding hydrogens is 306 g/mol. The van der Waals surface area contributed by atoms with E-state index < -0.39 is 0 Å². The minimum absolute atomic E-state index is 0.0515. The van der Waals surface area contributed by atoms with Gasteiger partial charge in [0.25, 0.3) is 5.91 Å². The molecule has 1 aliphatic rings. The number of carbonyl (C=O) groups is 1. The lowest BCUT2D eigenvalue weighted by Crippen LogP contribution is -2.43. The van der Waals surface area contributed by atoms with Gasteiger partial charge in [-0.15, -0.1) is 0 Å².